The second kappa shape index (κ2) is 13.3. The second-order valence-electron chi connectivity index (χ2n) is 9.60. The lowest BCUT2D eigenvalue weighted by Crippen LogP contribution is -2.40. The highest BCUT2D eigenvalue weighted by molar-refractivity contribution is 7.07. The van der Waals surface area contributed by atoms with Gasteiger partial charge in [0.25, 0.3) is 11.5 Å². The monoisotopic (exact) mass is 610 g/mol. The maximum absolute atomic E-state index is 14.1. The quantitative estimate of drug-likeness (QED) is 0.286. The van der Waals surface area contributed by atoms with Crippen LogP contribution in [0.15, 0.2) is 87.8 Å². The molecular weight excluding hydrogens is 580 g/mol. The Morgan fingerprint density at radius 2 is 1.84 bits per heavy atom. The fourth-order valence-electron chi connectivity index (χ4n) is 4.93. The summed E-state index contributed by atoms with van der Waals surface area (Å²) < 4.78 is 24.3. The minimum Gasteiger partial charge on any atom is -0.497 e. The number of nitrogens with zero attached hydrogens (tertiary/aromatic N) is 3. The van der Waals surface area contributed by atoms with Gasteiger partial charge in [-0.3, -0.25) is 14.2 Å². The van der Waals surface area contributed by atoms with Crippen LogP contribution in [0, 0.1) is 11.3 Å². The zero-order valence-corrected chi connectivity index (χ0v) is 25.4. The highest BCUT2D eigenvalue weighted by atomic mass is 32.1. The van der Waals surface area contributed by atoms with Crippen molar-refractivity contribution in [2.24, 2.45) is 4.99 Å². The van der Waals surface area contributed by atoms with Crippen LogP contribution in [0.5, 0.6) is 23.0 Å². The van der Waals surface area contributed by atoms with Gasteiger partial charge in [-0.1, -0.05) is 35.6 Å². The molecule has 1 aliphatic rings. The number of nitriles is 1. The first-order chi connectivity index (χ1) is 21.4. The van der Waals surface area contributed by atoms with E-state index in [0.717, 1.165) is 0 Å². The van der Waals surface area contributed by atoms with Crippen LogP contribution in [0.4, 0.5) is 5.69 Å². The van der Waals surface area contributed by atoms with Gasteiger partial charge in [0.1, 0.15) is 23.6 Å². The number of thiazole rings is 1. The number of fused-ring (bicyclic) bond motifs is 1. The lowest BCUT2D eigenvalue weighted by molar-refractivity contribution is -0.113. The van der Waals surface area contributed by atoms with Crippen molar-refractivity contribution < 1.29 is 23.7 Å². The molecule has 11 heteroatoms. The standard InChI is InChI=1S/C33H30N4O6S/c1-5-42-27-17-21(11-14-25(27)43-16-15-34)18-28-32(39)37-30(24-13-12-23(40-3)19-26(24)41-4)29(20(2)35-33(37)44-28)31(38)36-22-9-7-6-8-10-22/h6-14,17-19,30H,5,16H2,1-4H3,(H,36,38)/b28-18-/t30-/m0/s1. The number of hydrogen-bond acceptors (Lipinski definition) is 9. The van der Waals surface area contributed by atoms with Gasteiger partial charge >= 0.3 is 0 Å². The predicted octanol–water partition coefficient (Wildman–Crippen LogP) is 4.19. The lowest BCUT2D eigenvalue weighted by atomic mass is 9.94. The Labute approximate surface area is 257 Å². The number of hydrogen-bond donors (Lipinski definition) is 1. The number of ether oxygens (including phenoxy) is 4. The molecule has 5 rings (SSSR count). The van der Waals surface area contributed by atoms with E-state index in [4.69, 9.17) is 29.2 Å². The summed E-state index contributed by atoms with van der Waals surface area (Å²) >= 11 is 1.22. The van der Waals surface area contributed by atoms with Gasteiger partial charge in [-0.05, 0) is 61.9 Å². The summed E-state index contributed by atoms with van der Waals surface area (Å²) in [6.45, 7) is 3.88. The van der Waals surface area contributed by atoms with Crippen molar-refractivity contribution in [1.29, 1.82) is 5.26 Å². The third kappa shape index (κ3) is 6.07. The predicted molar refractivity (Wildman–Crippen MR) is 167 cm³/mol. The molecule has 0 saturated carbocycles. The van der Waals surface area contributed by atoms with Crippen molar-refractivity contribution in [3.63, 3.8) is 0 Å². The van der Waals surface area contributed by atoms with Crippen molar-refractivity contribution in [2.45, 2.75) is 19.9 Å². The molecule has 0 spiro atoms. The topological polar surface area (TPSA) is 124 Å². The Bertz CT molecular complexity index is 1960. The first-order valence-electron chi connectivity index (χ1n) is 13.8. The summed E-state index contributed by atoms with van der Waals surface area (Å²) in [6.07, 6.45) is 1.74. The summed E-state index contributed by atoms with van der Waals surface area (Å²) in [5, 5.41) is 11.9. The SMILES string of the molecule is CCOc1cc(/C=c2\sc3n(c2=O)[C@@H](c2ccc(OC)cc2OC)C(C(=O)Nc2ccccc2)=C(C)N=3)ccc1OCC#N. The molecule has 1 aromatic heterocycles. The zero-order valence-electron chi connectivity index (χ0n) is 24.6. The van der Waals surface area contributed by atoms with Crippen LogP contribution < -0.4 is 39.2 Å². The number of anilines is 1. The molecule has 0 bridgehead atoms. The van der Waals surface area contributed by atoms with Crippen molar-refractivity contribution in [3.8, 4) is 29.1 Å². The van der Waals surface area contributed by atoms with Gasteiger partial charge in [0.2, 0.25) is 0 Å². The number of methoxy groups -OCH3 is 2. The van der Waals surface area contributed by atoms with E-state index in [-0.39, 0.29) is 18.1 Å². The van der Waals surface area contributed by atoms with E-state index in [9.17, 15) is 9.59 Å². The average Bonchev–Trinajstić information content (AvgIpc) is 3.33. The van der Waals surface area contributed by atoms with E-state index in [1.165, 1.54) is 23.0 Å². The number of amides is 1. The average molecular weight is 611 g/mol. The van der Waals surface area contributed by atoms with Gasteiger partial charge in [0, 0.05) is 17.3 Å². The van der Waals surface area contributed by atoms with Crippen LogP contribution >= 0.6 is 11.3 Å². The van der Waals surface area contributed by atoms with E-state index in [1.807, 2.05) is 31.2 Å². The van der Waals surface area contributed by atoms with Crippen molar-refractivity contribution in [1.82, 2.24) is 4.57 Å². The number of carbonyl (C=O) groups is 1. The molecule has 0 fully saturated rings. The third-order valence-corrected chi connectivity index (χ3v) is 7.87. The van der Waals surface area contributed by atoms with E-state index < -0.39 is 6.04 Å². The fraction of sp³-hybridized carbons (Fsp3) is 0.212. The van der Waals surface area contributed by atoms with E-state index in [2.05, 4.69) is 5.32 Å². The number of para-hydroxylation sites is 1. The molecule has 224 valence electrons. The minimum absolute atomic E-state index is 0.119. The highest BCUT2D eigenvalue weighted by Gasteiger charge is 2.34. The highest BCUT2D eigenvalue weighted by Crippen LogP contribution is 2.37. The summed E-state index contributed by atoms with van der Waals surface area (Å²) in [4.78, 5) is 33.1. The molecule has 2 heterocycles. The van der Waals surface area contributed by atoms with Crippen molar-refractivity contribution in [2.75, 3.05) is 32.8 Å². The van der Waals surface area contributed by atoms with Crippen LogP contribution in [-0.2, 0) is 4.79 Å². The number of nitrogens with one attached hydrogen (secondary N) is 1. The maximum Gasteiger partial charge on any atom is 0.271 e. The van der Waals surface area contributed by atoms with Crippen LogP contribution in [0.2, 0.25) is 0 Å². The Hall–Kier alpha value is -5.34. The molecule has 10 nitrogen and oxygen atoms in total. The first kappa shape index (κ1) is 30.1. The normalized spacial score (nSPS) is 14.2. The molecule has 0 radical (unpaired) electrons. The summed E-state index contributed by atoms with van der Waals surface area (Å²) in [5.74, 6) is 1.53. The Morgan fingerprint density at radius 1 is 1.05 bits per heavy atom. The molecule has 0 unspecified atom stereocenters. The van der Waals surface area contributed by atoms with Crippen LogP contribution in [0.3, 0.4) is 0 Å². The molecule has 0 saturated heterocycles. The van der Waals surface area contributed by atoms with Crippen molar-refractivity contribution in [3.05, 3.63) is 109 Å². The van der Waals surface area contributed by atoms with E-state index in [1.54, 1.807) is 68.6 Å². The number of rotatable bonds is 10. The second-order valence-corrected chi connectivity index (χ2v) is 10.6. The van der Waals surface area contributed by atoms with Crippen LogP contribution in [-0.4, -0.2) is 37.9 Å². The first-order valence-corrected chi connectivity index (χ1v) is 14.6. The lowest BCUT2D eigenvalue weighted by Gasteiger charge is -2.26. The molecule has 1 atom stereocenters. The molecule has 1 aliphatic heterocycles. The summed E-state index contributed by atoms with van der Waals surface area (Å²) in [6, 6.07) is 20.7. The Kier molecular flexibility index (Phi) is 9.12. The molecule has 1 N–H and O–H groups in total. The largest absolute Gasteiger partial charge is 0.497 e. The van der Waals surface area contributed by atoms with Gasteiger partial charge in [0.05, 0.1) is 36.6 Å². The molecule has 1 amide bonds. The van der Waals surface area contributed by atoms with Gasteiger partial charge in [0.15, 0.2) is 22.9 Å². The van der Waals surface area contributed by atoms with Gasteiger partial charge in [-0.15, -0.1) is 0 Å². The molecular formula is C33H30N4O6S. The van der Waals surface area contributed by atoms with E-state index >= 15 is 0 Å². The zero-order chi connectivity index (χ0) is 31.2. The third-order valence-electron chi connectivity index (χ3n) is 6.89. The van der Waals surface area contributed by atoms with Gasteiger partial charge < -0.3 is 24.3 Å². The number of benzene rings is 3. The summed E-state index contributed by atoms with van der Waals surface area (Å²) in [5.41, 5.74) is 2.38. The Morgan fingerprint density at radius 3 is 2.55 bits per heavy atom. The number of allylic oxidation sites excluding steroid dienone is 1. The molecule has 4 aromatic rings. The molecule has 0 aliphatic carbocycles. The van der Waals surface area contributed by atoms with Gasteiger partial charge in [-0.2, -0.15) is 5.26 Å². The van der Waals surface area contributed by atoms with Crippen LogP contribution in [0.1, 0.15) is 31.0 Å². The van der Waals surface area contributed by atoms with Crippen LogP contribution in [0.25, 0.3) is 6.08 Å². The summed E-state index contributed by atoms with van der Waals surface area (Å²) in [7, 11) is 3.09. The molecule has 44 heavy (non-hydrogen) atoms. The van der Waals surface area contributed by atoms with E-state index in [0.29, 0.717) is 67.0 Å². The Balaban J connectivity index is 1.67. The van der Waals surface area contributed by atoms with Crippen molar-refractivity contribution >= 4 is 29.0 Å². The fourth-order valence-corrected chi connectivity index (χ4v) is 5.98. The smallest absolute Gasteiger partial charge is 0.271 e. The minimum atomic E-state index is -0.835. The molecule has 3 aromatic carbocycles. The van der Waals surface area contributed by atoms with Gasteiger partial charge in [-0.25, -0.2) is 4.99 Å². The number of carbonyl (C=O) groups excluding carboxylic acids is 1. The number of aromatic nitrogens is 1. The maximum atomic E-state index is 14.1.